The van der Waals surface area contributed by atoms with Crippen molar-refractivity contribution in [3.05, 3.63) is 69.7 Å². The molecule has 6 heteroatoms. The molecule has 0 heterocycles. The van der Waals surface area contributed by atoms with Crippen LogP contribution in [0.25, 0.3) is 0 Å². The van der Waals surface area contributed by atoms with E-state index >= 15 is 0 Å². The Morgan fingerprint density at radius 2 is 1.00 bits per heavy atom. The Morgan fingerprint density at radius 1 is 0.708 bits per heavy atom. The molecule has 0 aromatic heterocycles. The van der Waals surface area contributed by atoms with E-state index < -0.39 is 23.8 Å². The molecule has 0 spiro atoms. The number of hydrogen-bond acceptors (Lipinski definition) is 2. The van der Waals surface area contributed by atoms with E-state index in [0.717, 1.165) is 11.1 Å². The third-order valence-electron chi connectivity index (χ3n) is 3.87. The molecule has 2 aromatic rings. The van der Waals surface area contributed by atoms with Crippen LogP contribution in [0.15, 0.2) is 48.5 Å². The van der Waals surface area contributed by atoms with Gasteiger partial charge in [0.2, 0.25) is 0 Å². The minimum atomic E-state index is -0.987. The zero-order valence-corrected chi connectivity index (χ0v) is 14.2. The maximum absolute atomic E-state index is 11.3. The largest absolute Gasteiger partial charge is 0.481 e. The minimum Gasteiger partial charge on any atom is -0.481 e. The second-order valence-corrected chi connectivity index (χ2v) is 6.38. The zero-order chi connectivity index (χ0) is 17.7. The van der Waals surface area contributed by atoms with E-state index in [0.29, 0.717) is 10.0 Å². The smallest absolute Gasteiger partial charge is 0.303 e. The van der Waals surface area contributed by atoms with Gasteiger partial charge in [0.05, 0.1) is 12.8 Å². The maximum Gasteiger partial charge on any atom is 0.303 e. The normalized spacial score (nSPS) is 13.2. The molecule has 126 valence electrons. The molecule has 2 rings (SSSR count). The minimum absolute atomic E-state index is 0.178. The van der Waals surface area contributed by atoms with Gasteiger partial charge in [0.25, 0.3) is 0 Å². The van der Waals surface area contributed by atoms with E-state index in [4.69, 9.17) is 23.2 Å². The number of halogens is 2. The Morgan fingerprint density at radius 3 is 1.25 bits per heavy atom. The predicted molar refractivity (Wildman–Crippen MR) is 92.9 cm³/mol. The highest BCUT2D eigenvalue weighted by Crippen LogP contribution is 2.39. The molecule has 0 aliphatic rings. The second-order valence-electron chi connectivity index (χ2n) is 5.51. The van der Waals surface area contributed by atoms with Crippen molar-refractivity contribution in [3.8, 4) is 0 Å². The van der Waals surface area contributed by atoms with Gasteiger partial charge in [-0.2, -0.15) is 0 Å². The number of benzene rings is 2. The molecule has 0 bridgehead atoms. The van der Waals surface area contributed by atoms with Crippen LogP contribution in [0.3, 0.4) is 0 Å². The van der Waals surface area contributed by atoms with Crippen LogP contribution in [0.4, 0.5) is 0 Å². The summed E-state index contributed by atoms with van der Waals surface area (Å²) in [6, 6.07) is 13.6. The molecule has 4 nitrogen and oxygen atoms in total. The molecule has 0 saturated carbocycles. The van der Waals surface area contributed by atoms with Gasteiger partial charge in [-0.1, -0.05) is 47.5 Å². The van der Waals surface area contributed by atoms with E-state index in [1.807, 2.05) is 0 Å². The molecule has 2 atom stereocenters. The number of rotatable bonds is 7. The van der Waals surface area contributed by atoms with Gasteiger partial charge in [0, 0.05) is 21.9 Å². The summed E-state index contributed by atoms with van der Waals surface area (Å²) in [6.07, 6.45) is -0.357. The van der Waals surface area contributed by atoms with Crippen LogP contribution in [0.1, 0.15) is 35.8 Å². The lowest BCUT2D eigenvalue weighted by molar-refractivity contribution is -0.140. The summed E-state index contributed by atoms with van der Waals surface area (Å²) < 4.78 is 0. The highest BCUT2D eigenvalue weighted by molar-refractivity contribution is 6.30. The molecule has 0 amide bonds. The van der Waals surface area contributed by atoms with E-state index in [-0.39, 0.29) is 12.8 Å². The summed E-state index contributed by atoms with van der Waals surface area (Å²) in [5.74, 6) is -2.95. The lowest BCUT2D eigenvalue weighted by atomic mass is 9.77. The van der Waals surface area contributed by atoms with Crippen LogP contribution in [0.2, 0.25) is 10.0 Å². The number of carbonyl (C=O) groups is 2. The van der Waals surface area contributed by atoms with Crippen molar-refractivity contribution < 1.29 is 19.8 Å². The van der Waals surface area contributed by atoms with Crippen molar-refractivity contribution in [3.63, 3.8) is 0 Å². The first-order valence-corrected chi connectivity index (χ1v) is 8.07. The Balaban J connectivity index is 2.46. The van der Waals surface area contributed by atoms with Crippen LogP contribution in [0.5, 0.6) is 0 Å². The monoisotopic (exact) mass is 366 g/mol. The molecule has 24 heavy (non-hydrogen) atoms. The molecule has 0 radical (unpaired) electrons. The molecule has 0 aliphatic carbocycles. The van der Waals surface area contributed by atoms with E-state index in [1.165, 1.54) is 0 Å². The molecule has 0 fully saturated rings. The molecule has 0 saturated heterocycles. The molecular weight excluding hydrogens is 351 g/mol. The van der Waals surface area contributed by atoms with E-state index in [2.05, 4.69) is 0 Å². The van der Waals surface area contributed by atoms with Crippen molar-refractivity contribution in [1.82, 2.24) is 0 Å². The highest BCUT2D eigenvalue weighted by atomic mass is 35.5. The SMILES string of the molecule is O=C(O)CC(c1ccc(Cl)cc1)C(CC(=O)O)c1ccc(Cl)cc1. The summed E-state index contributed by atoms with van der Waals surface area (Å²) in [7, 11) is 0. The van der Waals surface area contributed by atoms with Crippen molar-refractivity contribution in [2.75, 3.05) is 0 Å². The number of aliphatic carboxylic acids is 2. The summed E-state index contributed by atoms with van der Waals surface area (Å²) in [5.41, 5.74) is 1.48. The van der Waals surface area contributed by atoms with Crippen LogP contribution in [0, 0.1) is 0 Å². The van der Waals surface area contributed by atoms with Crippen LogP contribution >= 0.6 is 23.2 Å². The average Bonchev–Trinajstić information content (AvgIpc) is 2.52. The average molecular weight is 367 g/mol. The predicted octanol–water partition coefficient (Wildman–Crippen LogP) is 4.81. The summed E-state index contributed by atoms with van der Waals surface area (Å²) in [4.78, 5) is 22.7. The Kier molecular flexibility index (Phi) is 6.23. The number of hydrogen-bond donors (Lipinski definition) is 2. The van der Waals surface area contributed by atoms with Crippen LogP contribution in [-0.2, 0) is 9.59 Å². The van der Waals surface area contributed by atoms with E-state index in [1.54, 1.807) is 48.5 Å². The summed E-state index contributed by atoms with van der Waals surface area (Å²) in [6.45, 7) is 0. The fourth-order valence-electron chi connectivity index (χ4n) is 2.78. The summed E-state index contributed by atoms with van der Waals surface area (Å²) >= 11 is 11.8. The second kappa shape index (κ2) is 8.18. The van der Waals surface area contributed by atoms with Gasteiger partial charge < -0.3 is 10.2 Å². The zero-order valence-electron chi connectivity index (χ0n) is 12.7. The Labute approximate surface area is 149 Å². The van der Waals surface area contributed by atoms with Crippen molar-refractivity contribution in [2.45, 2.75) is 24.7 Å². The first kappa shape index (κ1) is 18.3. The molecule has 0 aliphatic heterocycles. The Bertz CT molecular complexity index is 647. The lowest BCUT2D eigenvalue weighted by Crippen LogP contribution is -2.18. The fraction of sp³-hybridized carbons (Fsp3) is 0.222. The molecule has 2 unspecified atom stereocenters. The van der Waals surface area contributed by atoms with Gasteiger partial charge in [-0.15, -0.1) is 0 Å². The van der Waals surface area contributed by atoms with Gasteiger partial charge in [-0.3, -0.25) is 9.59 Å². The summed E-state index contributed by atoms with van der Waals surface area (Å²) in [5, 5.41) is 19.6. The quantitative estimate of drug-likeness (QED) is 0.737. The van der Waals surface area contributed by atoms with Gasteiger partial charge in [-0.05, 0) is 35.4 Å². The van der Waals surface area contributed by atoms with Crippen molar-refractivity contribution in [1.29, 1.82) is 0 Å². The van der Waals surface area contributed by atoms with Gasteiger partial charge >= 0.3 is 11.9 Å². The van der Waals surface area contributed by atoms with Crippen molar-refractivity contribution in [2.24, 2.45) is 0 Å². The third kappa shape index (κ3) is 4.98. The first-order valence-electron chi connectivity index (χ1n) is 7.31. The van der Waals surface area contributed by atoms with E-state index in [9.17, 15) is 19.8 Å². The standard InChI is InChI=1S/C18H16Cl2O4/c19-13-5-1-11(2-6-13)15(9-17(21)22)16(10-18(23)24)12-3-7-14(20)8-4-12/h1-8,15-16H,9-10H2,(H,21,22)(H,23,24). The third-order valence-corrected chi connectivity index (χ3v) is 4.38. The fourth-order valence-corrected chi connectivity index (χ4v) is 3.03. The molecule has 2 N–H and O–H groups in total. The maximum atomic E-state index is 11.3. The number of carboxylic acids is 2. The molecular formula is C18H16Cl2O4. The van der Waals surface area contributed by atoms with Gasteiger partial charge in [0.1, 0.15) is 0 Å². The van der Waals surface area contributed by atoms with Gasteiger partial charge in [0.15, 0.2) is 0 Å². The topological polar surface area (TPSA) is 74.6 Å². The van der Waals surface area contributed by atoms with Crippen LogP contribution in [-0.4, -0.2) is 22.2 Å². The molecule has 2 aromatic carbocycles. The highest BCUT2D eigenvalue weighted by Gasteiger charge is 2.29. The van der Waals surface area contributed by atoms with Crippen molar-refractivity contribution >= 4 is 35.1 Å². The number of carboxylic acid groups (broad SMARTS) is 2. The van der Waals surface area contributed by atoms with Crippen LogP contribution < -0.4 is 0 Å². The lowest BCUT2D eigenvalue weighted by Gasteiger charge is -2.26. The van der Waals surface area contributed by atoms with Gasteiger partial charge in [-0.25, -0.2) is 0 Å². The first-order chi connectivity index (χ1) is 11.4. The Hall–Kier alpha value is -2.04.